The van der Waals surface area contributed by atoms with Crippen molar-refractivity contribution in [3.8, 4) is 0 Å². The Morgan fingerprint density at radius 1 is 1.26 bits per heavy atom. The molecule has 1 aromatic heterocycles. The first kappa shape index (κ1) is 27.3. The Bertz CT molecular complexity index is 1280. The molecule has 4 N–H and O–H groups in total. The van der Waals surface area contributed by atoms with Gasteiger partial charge < -0.3 is 20.9 Å². The van der Waals surface area contributed by atoms with E-state index in [1.54, 1.807) is 20.8 Å². The molecule has 0 saturated heterocycles. The van der Waals surface area contributed by atoms with Crippen LogP contribution in [-0.2, 0) is 10.3 Å². The molecule has 3 atom stereocenters. The number of rotatable bonds is 5. The van der Waals surface area contributed by atoms with Crippen LogP contribution in [0.1, 0.15) is 56.2 Å². The maximum absolute atomic E-state index is 15.0. The van der Waals surface area contributed by atoms with Gasteiger partial charge in [0.1, 0.15) is 11.4 Å². The summed E-state index contributed by atoms with van der Waals surface area (Å²) in [6.07, 6.45) is -2.10. The monoisotopic (exact) mass is 534 g/mol. The molecule has 1 saturated carbocycles. The summed E-state index contributed by atoms with van der Waals surface area (Å²) in [7, 11) is 1.45. The fourth-order valence-corrected chi connectivity index (χ4v) is 4.95. The number of carbonyl (C=O) groups excluding carboxylic acids is 2. The molecule has 2 amide bonds. The maximum atomic E-state index is 15.0. The molecule has 1 aliphatic carbocycles. The van der Waals surface area contributed by atoms with Crippen molar-refractivity contribution in [2.75, 3.05) is 17.3 Å². The third-order valence-electron chi connectivity index (χ3n) is 6.92. The molecule has 1 aliphatic heterocycles. The van der Waals surface area contributed by atoms with E-state index in [0.29, 0.717) is 0 Å². The van der Waals surface area contributed by atoms with Crippen LogP contribution in [0.25, 0.3) is 0 Å². The normalized spacial score (nSPS) is 24.7. The number of nitrogens with one attached hydrogen (secondary N) is 1. The van der Waals surface area contributed by atoms with E-state index in [1.807, 2.05) is 0 Å². The molecule has 2 aliphatic rings. The van der Waals surface area contributed by atoms with E-state index < -0.39 is 52.5 Å². The van der Waals surface area contributed by atoms with Gasteiger partial charge in [-0.2, -0.15) is 0 Å². The standard InChI is InChI=1S/C25H29F3N6O4/c1-23(2,3)38-22(37)34(4)14-11-30-19(31-12-14)20(36)32-13-5-6-16(26)15(9-13)25(21(27)28)24(8-7-17(24)35)10-18(29)33-25/h5-6,9,11-12,17,21,35H,7-8,10H2,1-4H3,(H2,29,33)(H,32,36). The minimum absolute atomic E-state index is 0.00499. The molecule has 2 heterocycles. The topological polar surface area (TPSA) is 143 Å². The lowest BCUT2D eigenvalue weighted by Gasteiger charge is -2.53. The van der Waals surface area contributed by atoms with Crippen LogP contribution in [0.3, 0.4) is 0 Å². The number of nitrogens with two attached hydrogens (primary N) is 1. The summed E-state index contributed by atoms with van der Waals surface area (Å²) < 4.78 is 49.6. The Hall–Kier alpha value is -3.74. The zero-order valence-corrected chi connectivity index (χ0v) is 21.3. The molecule has 0 bridgehead atoms. The number of aromatic nitrogens is 2. The number of aliphatic imine (C=N–C) groups is 1. The van der Waals surface area contributed by atoms with Crippen LogP contribution in [0.2, 0.25) is 0 Å². The van der Waals surface area contributed by atoms with E-state index >= 15 is 4.39 Å². The van der Waals surface area contributed by atoms with E-state index in [9.17, 15) is 23.5 Å². The number of amides is 2. The van der Waals surface area contributed by atoms with Gasteiger partial charge in [0.25, 0.3) is 12.3 Å². The highest BCUT2D eigenvalue weighted by atomic mass is 19.3. The van der Waals surface area contributed by atoms with Crippen molar-refractivity contribution in [2.45, 2.75) is 63.7 Å². The van der Waals surface area contributed by atoms with Gasteiger partial charge in [-0.25, -0.2) is 27.9 Å². The Balaban J connectivity index is 1.58. The van der Waals surface area contributed by atoms with Gasteiger partial charge in [-0.15, -0.1) is 0 Å². The second-order valence-electron chi connectivity index (χ2n) is 10.5. The minimum atomic E-state index is -3.17. The van der Waals surface area contributed by atoms with Gasteiger partial charge >= 0.3 is 6.09 Å². The number of alkyl halides is 2. The lowest BCUT2D eigenvalue weighted by Crippen LogP contribution is -2.59. The summed E-state index contributed by atoms with van der Waals surface area (Å²) in [5, 5.41) is 12.9. The number of aliphatic hydroxyl groups excluding tert-OH is 1. The third kappa shape index (κ3) is 4.55. The van der Waals surface area contributed by atoms with Crippen LogP contribution in [0, 0.1) is 11.2 Å². The molecule has 13 heteroatoms. The lowest BCUT2D eigenvalue weighted by atomic mass is 9.53. The van der Waals surface area contributed by atoms with Crippen molar-refractivity contribution in [1.29, 1.82) is 0 Å². The van der Waals surface area contributed by atoms with Crippen molar-refractivity contribution in [3.63, 3.8) is 0 Å². The zero-order chi connectivity index (χ0) is 28.0. The molecular weight excluding hydrogens is 505 g/mol. The highest BCUT2D eigenvalue weighted by molar-refractivity contribution is 6.01. The van der Waals surface area contributed by atoms with Gasteiger partial charge in [-0.05, 0) is 51.8 Å². The van der Waals surface area contributed by atoms with Crippen LogP contribution < -0.4 is 16.0 Å². The summed E-state index contributed by atoms with van der Waals surface area (Å²) in [6, 6.07) is 3.21. The summed E-state index contributed by atoms with van der Waals surface area (Å²) in [5.74, 6) is -2.14. The first-order valence-corrected chi connectivity index (χ1v) is 11.9. The SMILES string of the molecule is CN(C(=O)OC(C)(C)C)c1cnc(C(=O)Nc2ccc(F)c(C3(C(F)F)N=C(N)CC34CCC4O)c2)nc1. The number of nitrogens with zero attached hydrogens (tertiary/aromatic N) is 4. The molecule has 3 unspecified atom stereocenters. The Kier molecular flexibility index (Phi) is 6.85. The summed E-state index contributed by atoms with van der Waals surface area (Å²) in [6.45, 7) is 5.15. The van der Waals surface area contributed by atoms with E-state index in [1.165, 1.54) is 30.4 Å². The number of carbonyl (C=O) groups is 2. The van der Waals surface area contributed by atoms with Gasteiger partial charge in [0.2, 0.25) is 5.82 Å². The smallest absolute Gasteiger partial charge is 0.414 e. The molecule has 2 aromatic rings. The average molecular weight is 535 g/mol. The lowest BCUT2D eigenvalue weighted by molar-refractivity contribution is -0.149. The van der Waals surface area contributed by atoms with E-state index in [0.717, 1.165) is 12.1 Å². The number of halogens is 3. The Morgan fingerprint density at radius 3 is 2.45 bits per heavy atom. The number of aliphatic hydroxyl groups is 1. The van der Waals surface area contributed by atoms with Gasteiger partial charge in [-0.3, -0.25) is 14.7 Å². The predicted octanol–water partition coefficient (Wildman–Crippen LogP) is 3.60. The second kappa shape index (κ2) is 9.53. The summed E-state index contributed by atoms with van der Waals surface area (Å²) in [5.41, 5.74) is 1.06. The van der Waals surface area contributed by atoms with E-state index in [-0.39, 0.29) is 42.3 Å². The average Bonchev–Trinajstić information content (AvgIpc) is 3.19. The van der Waals surface area contributed by atoms with E-state index in [4.69, 9.17) is 10.5 Å². The minimum Gasteiger partial charge on any atom is -0.443 e. The fourth-order valence-electron chi connectivity index (χ4n) is 4.95. The number of benzene rings is 1. The van der Waals surface area contributed by atoms with Gasteiger partial charge in [0.15, 0.2) is 5.54 Å². The Labute approximate surface area is 217 Å². The molecule has 0 radical (unpaired) electrons. The second-order valence-corrected chi connectivity index (χ2v) is 10.5. The largest absolute Gasteiger partial charge is 0.443 e. The fraction of sp³-hybridized carbons (Fsp3) is 0.480. The van der Waals surface area contributed by atoms with Crippen molar-refractivity contribution < 1.29 is 32.6 Å². The highest BCUT2D eigenvalue weighted by Gasteiger charge is 2.69. The molecule has 10 nitrogen and oxygen atoms in total. The van der Waals surface area contributed by atoms with Gasteiger partial charge in [0, 0.05) is 30.1 Å². The van der Waals surface area contributed by atoms with Crippen LogP contribution in [0.5, 0.6) is 0 Å². The summed E-state index contributed by atoms with van der Waals surface area (Å²) >= 11 is 0. The predicted molar refractivity (Wildman–Crippen MR) is 133 cm³/mol. The van der Waals surface area contributed by atoms with Crippen molar-refractivity contribution in [1.82, 2.24) is 9.97 Å². The van der Waals surface area contributed by atoms with Crippen molar-refractivity contribution in [3.05, 3.63) is 47.8 Å². The third-order valence-corrected chi connectivity index (χ3v) is 6.92. The number of anilines is 2. The molecular formula is C25H29F3N6O4. The van der Waals surface area contributed by atoms with Crippen molar-refractivity contribution in [2.24, 2.45) is 16.1 Å². The molecule has 4 rings (SSSR count). The quantitative estimate of drug-likeness (QED) is 0.532. The van der Waals surface area contributed by atoms with Crippen LogP contribution in [-0.4, -0.2) is 58.1 Å². The Morgan fingerprint density at radius 2 is 1.92 bits per heavy atom. The first-order chi connectivity index (χ1) is 17.7. The molecule has 204 valence electrons. The highest BCUT2D eigenvalue weighted by Crippen LogP contribution is 2.63. The number of amidine groups is 1. The van der Waals surface area contributed by atoms with Gasteiger partial charge in [0.05, 0.1) is 30.0 Å². The number of hydrogen-bond donors (Lipinski definition) is 3. The summed E-state index contributed by atoms with van der Waals surface area (Å²) in [4.78, 5) is 38.1. The maximum Gasteiger partial charge on any atom is 0.414 e. The van der Waals surface area contributed by atoms with Crippen LogP contribution >= 0.6 is 0 Å². The van der Waals surface area contributed by atoms with Crippen LogP contribution in [0.15, 0.2) is 35.6 Å². The molecule has 38 heavy (non-hydrogen) atoms. The van der Waals surface area contributed by atoms with Gasteiger partial charge in [-0.1, -0.05) is 0 Å². The van der Waals surface area contributed by atoms with E-state index in [2.05, 4.69) is 20.3 Å². The molecule has 1 aromatic carbocycles. The van der Waals surface area contributed by atoms with Crippen LogP contribution in [0.4, 0.5) is 29.3 Å². The number of ether oxygens (including phenoxy) is 1. The number of hydrogen-bond acceptors (Lipinski definition) is 8. The molecule has 1 fully saturated rings. The van der Waals surface area contributed by atoms with Crippen molar-refractivity contribution >= 4 is 29.2 Å². The molecule has 1 spiro atoms. The first-order valence-electron chi connectivity index (χ1n) is 11.9. The zero-order valence-electron chi connectivity index (χ0n) is 21.3.